The molecular weight excluding hydrogens is 464 g/mol. The second kappa shape index (κ2) is 8.07. The van der Waals surface area contributed by atoms with Crippen molar-refractivity contribution < 1.29 is 19.1 Å². The number of carbonyl (C=O) groups excluding carboxylic acids is 2. The Morgan fingerprint density at radius 2 is 1.88 bits per heavy atom. The van der Waals surface area contributed by atoms with Gasteiger partial charge in [0.1, 0.15) is 0 Å². The molecule has 0 aliphatic carbocycles. The van der Waals surface area contributed by atoms with E-state index in [1.807, 2.05) is 29.2 Å². The molecule has 0 bridgehead atoms. The van der Waals surface area contributed by atoms with Gasteiger partial charge in [0, 0.05) is 55.9 Å². The Labute approximate surface area is 199 Å². The summed E-state index contributed by atoms with van der Waals surface area (Å²) in [6, 6.07) is 11.1. The molecule has 0 radical (unpaired) electrons. The third-order valence-corrected chi connectivity index (χ3v) is 7.66. The summed E-state index contributed by atoms with van der Waals surface area (Å²) in [5.41, 5.74) is 1.67. The van der Waals surface area contributed by atoms with Crippen LogP contribution >= 0.6 is 22.9 Å². The first kappa shape index (κ1) is 20.6. The number of halogens is 1. The first-order valence-electron chi connectivity index (χ1n) is 10.8. The number of amides is 2. The largest absolute Gasteiger partial charge is 0.454 e. The van der Waals surface area contributed by atoms with Gasteiger partial charge in [-0.05, 0) is 30.3 Å². The minimum atomic E-state index is -0.334. The van der Waals surface area contributed by atoms with Crippen molar-refractivity contribution in [3.8, 4) is 11.5 Å². The standard InChI is InChI=1S/C23H21ClN4O4S/c24-15-1-3-17-20(10-15)33-23(25-17)27-7-5-26(6-8-27)22(30)14-9-21(29)28(12-14)16-2-4-18-19(11-16)32-13-31-18/h1-4,10-11,14H,5-9,12-13H2. The molecule has 1 aromatic heterocycles. The van der Waals surface area contributed by atoms with Crippen LogP contribution in [-0.4, -0.2) is 61.2 Å². The minimum Gasteiger partial charge on any atom is -0.454 e. The quantitative estimate of drug-likeness (QED) is 0.567. The minimum absolute atomic E-state index is 0.0426. The lowest BCUT2D eigenvalue weighted by atomic mass is 10.1. The smallest absolute Gasteiger partial charge is 0.231 e. The predicted molar refractivity (Wildman–Crippen MR) is 126 cm³/mol. The van der Waals surface area contributed by atoms with Crippen LogP contribution in [0.3, 0.4) is 0 Å². The molecular formula is C23H21ClN4O4S. The molecule has 1 unspecified atom stereocenters. The lowest BCUT2D eigenvalue weighted by Gasteiger charge is -2.35. The van der Waals surface area contributed by atoms with E-state index >= 15 is 0 Å². The maximum atomic E-state index is 13.2. The van der Waals surface area contributed by atoms with Gasteiger partial charge in [-0.1, -0.05) is 22.9 Å². The molecule has 0 saturated carbocycles. The molecule has 3 aromatic rings. The van der Waals surface area contributed by atoms with Crippen LogP contribution < -0.4 is 19.3 Å². The molecule has 2 aromatic carbocycles. The van der Waals surface area contributed by atoms with Gasteiger partial charge in [0.25, 0.3) is 0 Å². The van der Waals surface area contributed by atoms with Crippen LogP contribution in [0.2, 0.25) is 5.02 Å². The number of aromatic nitrogens is 1. The topological polar surface area (TPSA) is 75.2 Å². The Kier molecular flexibility index (Phi) is 5.03. The van der Waals surface area contributed by atoms with Gasteiger partial charge in [0.2, 0.25) is 18.6 Å². The van der Waals surface area contributed by atoms with E-state index in [0.29, 0.717) is 49.2 Å². The monoisotopic (exact) mass is 484 g/mol. The summed E-state index contributed by atoms with van der Waals surface area (Å²) in [5.74, 6) is 0.968. The fourth-order valence-corrected chi connectivity index (χ4v) is 5.87. The van der Waals surface area contributed by atoms with Crippen LogP contribution in [0.15, 0.2) is 36.4 Å². The van der Waals surface area contributed by atoms with Gasteiger partial charge in [-0.2, -0.15) is 0 Å². The van der Waals surface area contributed by atoms with Crippen molar-refractivity contribution in [2.24, 2.45) is 5.92 Å². The molecule has 0 N–H and O–H groups in total. The van der Waals surface area contributed by atoms with E-state index in [-0.39, 0.29) is 30.9 Å². The zero-order valence-corrected chi connectivity index (χ0v) is 19.3. The molecule has 2 saturated heterocycles. The van der Waals surface area contributed by atoms with Crippen LogP contribution in [0, 0.1) is 5.92 Å². The Bertz CT molecular complexity index is 1260. The van der Waals surface area contributed by atoms with Crippen molar-refractivity contribution in [2.45, 2.75) is 6.42 Å². The number of ether oxygens (including phenoxy) is 2. The van der Waals surface area contributed by atoms with Gasteiger partial charge < -0.3 is 24.2 Å². The van der Waals surface area contributed by atoms with Gasteiger partial charge in [-0.15, -0.1) is 0 Å². The maximum absolute atomic E-state index is 13.2. The second-order valence-corrected chi connectivity index (χ2v) is 9.81. The van der Waals surface area contributed by atoms with Crippen LogP contribution in [0.4, 0.5) is 10.8 Å². The summed E-state index contributed by atoms with van der Waals surface area (Å²) < 4.78 is 11.8. The van der Waals surface area contributed by atoms with Crippen LogP contribution in [0.5, 0.6) is 11.5 Å². The Hall–Kier alpha value is -3.04. The Morgan fingerprint density at radius 1 is 1.06 bits per heavy atom. The maximum Gasteiger partial charge on any atom is 0.231 e. The zero-order valence-electron chi connectivity index (χ0n) is 17.7. The number of fused-ring (bicyclic) bond motifs is 2. The number of hydrogen-bond acceptors (Lipinski definition) is 7. The summed E-state index contributed by atoms with van der Waals surface area (Å²) >= 11 is 7.71. The molecule has 0 spiro atoms. The van der Waals surface area contributed by atoms with Crippen LogP contribution in [0.25, 0.3) is 10.2 Å². The van der Waals surface area contributed by atoms with Gasteiger partial charge in [0.05, 0.1) is 16.1 Å². The van der Waals surface area contributed by atoms with Crippen molar-refractivity contribution in [3.05, 3.63) is 41.4 Å². The number of thiazole rings is 1. The molecule has 2 fully saturated rings. The summed E-state index contributed by atoms with van der Waals surface area (Å²) in [5, 5.41) is 1.65. The van der Waals surface area contributed by atoms with Crippen LogP contribution in [-0.2, 0) is 9.59 Å². The summed E-state index contributed by atoms with van der Waals surface area (Å²) in [4.78, 5) is 36.3. The third kappa shape index (κ3) is 3.75. The van der Waals surface area contributed by atoms with E-state index in [9.17, 15) is 9.59 Å². The van der Waals surface area contributed by atoms with Gasteiger partial charge in [-0.25, -0.2) is 4.98 Å². The van der Waals surface area contributed by atoms with E-state index in [2.05, 4.69) is 4.90 Å². The molecule has 3 aliphatic rings. The van der Waals surface area contributed by atoms with E-state index in [0.717, 1.165) is 21.0 Å². The highest BCUT2D eigenvalue weighted by molar-refractivity contribution is 7.22. The number of benzene rings is 2. The third-order valence-electron chi connectivity index (χ3n) is 6.34. The lowest BCUT2D eigenvalue weighted by molar-refractivity contribution is -0.136. The zero-order chi connectivity index (χ0) is 22.5. The van der Waals surface area contributed by atoms with Gasteiger partial charge in [-0.3, -0.25) is 9.59 Å². The summed E-state index contributed by atoms with van der Waals surface area (Å²) in [7, 11) is 0. The first-order chi connectivity index (χ1) is 16.0. The lowest BCUT2D eigenvalue weighted by Crippen LogP contribution is -2.50. The van der Waals surface area contributed by atoms with E-state index < -0.39 is 0 Å². The Morgan fingerprint density at radius 3 is 2.73 bits per heavy atom. The van der Waals surface area contributed by atoms with Crippen molar-refractivity contribution in [1.29, 1.82) is 0 Å². The highest BCUT2D eigenvalue weighted by Crippen LogP contribution is 2.37. The number of anilines is 2. The summed E-state index contributed by atoms with van der Waals surface area (Å²) in [6.07, 6.45) is 0.228. The number of rotatable bonds is 3. The highest BCUT2D eigenvalue weighted by atomic mass is 35.5. The Balaban J connectivity index is 1.10. The van der Waals surface area contributed by atoms with Crippen LogP contribution in [0.1, 0.15) is 6.42 Å². The fourth-order valence-electron chi connectivity index (χ4n) is 4.57. The normalized spacial score (nSPS) is 20.2. The molecule has 3 aliphatic heterocycles. The van der Waals surface area contributed by atoms with Crippen molar-refractivity contribution in [3.63, 3.8) is 0 Å². The van der Waals surface area contributed by atoms with Gasteiger partial charge >= 0.3 is 0 Å². The molecule has 1 atom stereocenters. The molecule has 2 amide bonds. The predicted octanol–water partition coefficient (Wildman–Crippen LogP) is 3.38. The second-order valence-electron chi connectivity index (χ2n) is 8.36. The fraction of sp³-hybridized carbons (Fsp3) is 0.348. The number of nitrogens with zero attached hydrogens (tertiary/aromatic N) is 4. The number of carbonyl (C=O) groups is 2. The first-order valence-corrected chi connectivity index (χ1v) is 12.0. The number of hydrogen-bond donors (Lipinski definition) is 0. The highest BCUT2D eigenvalue weighted by Gasteiger charge is 2.38. The van der Waals surface area contributed by atoms with Gasteiger partial charge in [0.15, 0.2) is 16.6 Å². The molecule has 10 heteroatoms. The van der Waals surface area contributed by atoms with Crippen molar-refractivity contribution >= 4 is 55.8 Å². The van der Waals surface area contributed by atoms with E-state index in [4.69, 9.17) is 26.1 Å². The average molecular weight is 485 g/mol. The van der Waals surface area contributed by atoms with Crippen molar-refractivity contribution in [2.75, 3.05) is 49.3 Å². The van der Waals surface area contributed by atoms with E-state index in [1.165, 1.54) is 0 Å². The molecule has 4 heterocycles. The molecule has 8 nitrogen and oxygen atoms in total. The summed E-state index contributed by atoms with van der Waals surface area (Å²) in [6.45, 7) is 3.23. The number of piperazine rings is 1. The molecule has 6 rings (SSSR count). The van der Waals surface area contributed by atoms with Crippen molar-refractivity contribution in [1.82, 2.24) is 9.88 Å². The molecule has 170 valence electrons. The average Bonchev–Trinajstić information content (AvgIpc) is 3.55. The molecule has 33 heavy (non-hydrogen) atoms. The SMILES string of the molecule is O=C(C1CC(=O)N(c2ccc3c(c2)OCO3)C1)N1CCN(c2nc3ccc(Cl)cc3s2)CC1. The van der Waals surface area contributed by atoms with E-state index in [1.54, 1.807) is 28.4 Å².